The highest BCUT2D eigenvalue weighted by Crippen LogP contribution is 2.27. The Labute approximate surface area is 123 Å². The number of nitrogen functional groups attached to an aromatic ring is 1. The van der Waals surface area contributed by atoms with Gasteiger partial charge in [-0.05, 0) is 31.6 Å². The third-order valence-corrected chi connectivity index (χ3v) is 4.84. The normalized spacial score (nSPS) is 22.6. The molecule has 1 saturated carbocycles. The van der Waals surface area contributed by atoms with Crippen molar-refractivity contribution in [3.63, 3.8) is 0 Å². The molecule has 0 aromatic carbocycles. The Morgan fingerprint density at radius 1 is 1.45 bits per heavy atom. The summed E-state index contributed by atoms with van der Waals surface area (Å²) in [5.41, 5.74) is 5.79. The number of nitrogens with zero attached hydrogens (tertiary/aromatic N) is 2. The van der Waals surface area contributed by atoms with Crippen LogP contribution in [0.25, 0.3) is 0 Å². The van der Waals surface area contributed by atoms with E-state index in [1.165, 1.54) is 11.3 Å². The summed E-state index contributed by atoms with van der Waals surface area (Å²) < 4.78 is 0. The van der Waals surface area contributed by atoms with Gasteiger partial charge in [0.1, 0.15) is 10.7 Å². The van der Waals surface area contributed by atoms with Gasteiger partial charge >= 0.3 is 0 Å². The summed E-state index contributed by atoms with van der Waals surface area (Å²) in [6.45, 7) is 0.639. The van der Waals surface area contributed by atoms with Crippen molar-refractivity contribution in [1.29, 1.82) is 0 Å². The maximum atomic E-state index is 12.1. The highest BCUT2D eigenvalue weighted by atomic mass is 32.1. The van der Waals surface area contributed by atoms with E-state index in [1.54, 1.807) is 0 Å². The van der Waals surface area contributed by atoms with Crippen LogP contribution in [0.15, 0.2) is 0 Å². The summed E-state index contributed by atoms with van der Waals surface area (Å²) in [6.07, 6.45) is 3.41. The molecule has 0 aliphatic heterocycles. The second-order valence-corrected chi connectivity index (χ2v) is 6.47. The van der Waals surface area contributed by atoms with Crippen LogP contribution in [0.2, 0.25) is 0 Å². The van der Waals surface area contributed by atoms with Crippen molar-refractivity contribution in [2.45, 2.75) is 31.8 Å². The van der Waals surface area contributed by atoms with E-state index in [9.17, 15) is 9.90 Å². The second kappa shape index (κ2) is 6.41. The lowest BCUT2D eigenvalue weighted by atomic mass is 9.87. The molecule has 1 aromatic heterocycles. The minimum absolute atomic E-state index is 0.153. The number of hydrogen-bond acceptors (Lipinski definition) is 6. The number of rotatable bonds is 4. The molecule has 6 nitrogen and oxygen atoms in total. The molecule has 2 rings (SSSR count). The van der Waals surface area contributed by atoms with Crippen LogP contribution in [0.5, 0.6) is 0 Å². The average Bonchev–Trinajstić information content (AvgIpc) is 2.80. The standard InChI is InChI=1S/C13H22N4O2S/c1-17(2)13-16-11(14)10(20-13)12(19)15-7-8-3-5-9(18)6-4-8/h8-9,18H,3-7,14H2,1-2H3,(H,15,19). The van der Waals surface area contributed by atoms with E-state index in [0.717, 1.165) is 30.8 Å². The van der Waals surface area contributed by atoms with Gasteiger partial charge in [0.2, 0.25) is 0 Å². The van der Waals surface area contributed by atoms with Crippen LogP contribution in [-0.4, -0.2) is 42.7 Å². The van der Waals surface area contributed by atoms with Gasteiger partial charge in [0.05, 0.1) is 6.10 Å². The van der Waals surface area contributed by atoms with Gasteiger partial charge in [-0.15, -0.1) is 0 Å². The van der Waals surface area contributed by atoms with Crippen LogP contribution in [-0.2, 0) is 0 Å². The average molecular weight is 298 g/mol. The van der Waals surface area contributed by atoms with E-state index < -0.39 is 0 Å². The molecule has 1 amide bonds. The molecule has 20 heavy (non-hydrogen) atoms. The van der Waals surface area contributed by atoms with E-state index in [1.807, 2.05) is 19.0 Å². The molecular weight excluding hydrogens is 276 g/mol. The number of carbonyl (C=O) groups is 1. The Kier molecular flexibility index (Phi) is 4.82. The first-order chi connectivity index (χ1) is 9.47. The molecule has 0 radical (unpaired) electrons. The quantitative estimate of drug-likeness (QED) is 0.773. The minimum atomic E-state index is -0.165. The van der Waals surface area contributed by atoms with E-state index in [4.69, 9.17) is 5.73 Å². The predicted octanol–water partition coefficient (Wildman–Crippen LogP) is 1.07. The zero-order chi connectivity index (χ0) is 14.7. The van der Waals surface area contributed by atoms with Crippen molar-refractivity contribution in [1.82, 2.24) is 10.3 Å². The molecule has 1 heterocycles. The highest BCUT2D eigenvalue weighted by Gasteiger charge is 2.21. The van der Waals surface area contributed by atoms with Crippen LogP contribution < -0.4 is 16.0 Å². The molecule has 7 heteroatoms. The van der Waals surface area contributed by atoms with Crippen LogP contribution in [0, 0.1) is 5.92 Å². The monoisotopic (exact) mass is 298 g/mol. The summed E-state index contributed by atoms with van der Waals surface area (Å²) in [5, 5.41) is 13.1. The molecule has 1 aliphatic carbocycles. The van der Waals surface area contributed by atoms with Gasteiger partial charge in [-0.1, -0.05) is 11.3 Å². The van der Waals surface area contributed by atoms with E-state index in [0.29, 0.717) is 17.3 Å². The Bertz CT molecular complexity index is 467. The third kappa shape index (κ3) is 3.61. The maximum Gasteiger partial charge on any atom is 0.265 e. The topological polar surface area (TPSA) is 91.5 Å². The Morgan fingerprint density at radius 2 is 2.10 bits per heavy atom. The van der Waals surface area contributed by atoms with Crippen LogP contribution in [0.3, 0.4) is 0 Å². The largest absolute Gasteiger partial charge is 0.393 e. The Hall–Kier alpha value is -1.34. The summed E-state index contributed by atoms with van der Waals surface area (Å²) in [6, 6.07) is 0. The fourth-order valence-corrected chi connectivity index (χ4v) is 3.16. The lowest BCUT2D eigenvalue weighted by Gasteiger charge is -2.25. The smallest absolute Gasteiger partial charge is 0.265 e. The summed E-state index contributed by atoms with van der Waals surface area (Å²) in [5.74, 6) is 0.583. The zero-order valence-electron chi connectivity index (χ0n) is 11.9. The van der Waals surface area contributed by atoms with Gasteiger partial charge in [0, 0.05) is 20.6 Å². The number of aromatic nitrogens is 1. The molecule has 0 atom stereocenters. The van der Waals surface area contributed by atoms with Crippen LogP contribution in [0.4, 0.5) is 10.9 Å². The zero-order valence-corrected chi connectivity index (χ0v) is 12.7. The van der Waals surface area contributed by atoms with Gasteiger partial charge < -0.3 is 21.1 Å². The fourth-order valence-electron chi connectivity index (χ4n) is 2.34. The van der Waals surface area contributed by atoms with Crippen molar-refractivity contribution in [3.05, 3.63) is 4.88 Å². The predicted molar refractivity (Wildman–Crippen MR) is 81.2 cm³/mol. The van der Waals surface area contributed by atoms with Gasteiger partial charge in [-0.25, -0.2) is 4.98 Å². The number of amides is 1. The van der Waals surface area contributed by atoms with Gasteiger partial charge in [-0.3, -0.25) is 4.79 Å². The third-order valence-electron chi connectivity index (χ3n) is 3.60. The van der Waals surface area contributed by atoms with Gasteiger partial charge in [-0.2, -0.15) is 0 Å². The number of aliphatic hydroxyl groups excluding tert-OH is 1. The summed E-state index contributed by atoms with van der Waals surface area (Å²) in [4.78, 5) is 18.6. The molecule has 0 spiro atoms. The first-order valence-electron chi connectivity index (χ1n) is 6.87. The van der Waals surface area contributed by atoms with Crippen LogP contribution in [0.1, 0.15) is 35.4 Å². The number of aliphatic hydroxyl groups is 1. The minimum Gasteiger partial charge on any atom is -0.393 e. The number of nitrogens with two attached hydrogens (primary N) is 1. The molecule has 1 aromatic rings. The molecule has 1 aliphatic rings. The van der Waals surface area contributed by atoms with Crippen molar-refractivity contribution >= 4 is 28.2 Å². The van der Waals surface area contributed by atoms with Crippen molar-refractivity contribution in [2.24, 2.45) is 5.92 Å². The lowest BCUT2D eigenvalue weighted by Crippen LogP contribution is -2.32. The summed E-state index contributed by atoms with van der Waals surface area (Å²) in [7, 11) is 3.74. The van der Waals surface area contributed by atoms with Gasteiger partial charge in [0.15, 0.2) is 5.13 Å². The summed E-state index contributed by atoms with van der Waals surface area (Å²) >= 11 is 1.30. The molecule has 112 valence electrons. The highest BCUT2D eigenvalue weighted by molar-refractivity contribution is 7.18. The first kappa shape index (κ1) is 15.1. The van der Waals surface area contributed by atoms with E-state index >= 15 is 0 Å². The number of anilines is 2. The lowest BCUT2D eigenvalue weighted by molar-refractivity contribution is 0.0914. The Balaban J connectivity index is 1.88. The number of nitrogens with one attached hydrogen (secondary N) is 1. The molecular formula is C13H22N4O2S. The molecule has 0 saturated heterocycles. The number of thiazole rings is 1. The molecule has 0 bridgehead atoms. The van der Waals surface area contributed by atoms with Crippen molar-refractivity contribution in [3.8, 4) is 0 Å². The number of hydrogen-bond donors (Lipinski definition) is 3. The molecule has 0 unspecified atom stereocenters. The van der Waals surface area contributed by atoms with Crippen molar-refractivity contribution in [2.75, 3.05) is 31.3 Å². The van der Waals surface area contributed by atoms with Crippen molar-refractivity contribution < 1.29 is 9.90 Å². The van der Waals surface area contributed by atoms with E-state index in [-0.39, 0.29) is 17.8 Å². The SMILES string of the molecule is CN(C)c1nc(N)c(C(=O)NCC2CCC(O)CC2)s1. The fraction of sp³-hybridized carbons (Fsp3) is 0.692. The molecule has 1 fully saturated rings. The Morgan fingerprint density at radius 3 is 2.65 bits per heavy atom. The molecule has 4 N–H and O–H groups in total. The first-order valence-corrected chi connectivity index (χ1v) is 7.69. The van der Waals surface area contributed by atoms with Crippen LogP contribution >= 0.6 is 11.3 Å². The number of carbonyl (C=O) groups excluding carboxylic acids is 1. The van der Waals surface area contributed by atoms with Gasteiger partial charge in [0.25, 0.3) is 5.91 Å². The van der Waals surface area contributed by atoms with E-state index in [2.05, 4.69) is 10.3 Å². The maximum absolute atomic E-state index is 12.1. The second-order valence-electron chi connectivity index (χ2n) is 5.49.